The summed E-state index contributed by atoms with van der Waals surface area (Å²) >= 11 is 0. The molecule has 1 aliphatic rings. The van der Waals surface area contributed by atoms with E-state index in [0.717, 1.165) is 6.07 Å². The molecule has 1 aromatic heterocycles. The lowest BCUT2D eigenvalue weighted by Crippen LogP contribution is -1.94. The smallest absolute Gasteiger partial charge is 0.374 e. The second kappa shape index (κ2) is 3.73. The SMILES string of the molecule is O=C(O)c1cc(-c2c(F)ccc3c2OCO3)no1. The molecule has 0 aliphatic carbocycles. The monoisotopic (exact) mass is 251 g/mol. The predicted molar refractivity (Wildman–Crippen MR) is 55.0 cm³/mol. The van der Waals surface area contributed by atoms with Gasteiger partial charge in [-0.05, 0) is 12.1 Å². The molecule has 7 heteroatoms. The van der Waals surface area contributed by atoms with Gasteiger partial charge in [0.05, 0.1) is 5.56 Å². The van der Waals surface area contributed by atoms with Gasteiger partial charge in [-0.2, -0.15) is 0 Å². The van der Waals surface area contributed by atoms with Gasteiger partial charge in [-0.1, -0.05) is 5.16 Å². The summed E-state index contributed by atoms with van der Waals surface area (Å²) in [5, 5.41) is 12.2. The van der Waals surface area contributed by atoms with E-state index in [1.54, 1.807) is 0 Å². The van der Waals surface area contributed by atoms with Crippen molar-refractivity contribution in [3.05, 3.63) is 29.8 Å². The van der Waals surface area contributed by atoms with Crippen molar-refractivity contribution in [2.24, 2.45) is 0 Å². The van der Waals surface area contributed by atoms with Gasteiger partial charge in [-0.3, -0.25) is 0 Å². The number of rotatable bonds is 2. The van der Waals surface area contributed by atoms with Gasteiger partial charge in [0.25, 0.3) is 0 Å². The summed E-state index contributed by atoms with van der Waals surface area (Å²) in [5.74, 6) is -1.67. The molecule has 0 fully saturated rings. The molecule has 0 amide bonds. The van der Waals surface area contributed by atoms with Crippen molar-refractivity contribution in [3.63, 3.8) is 0 Å². The average Bonchev–Trinajstić information content (AvgIpc) is 2.95. The maximum Gasteiger partial charge on any atom is 0.374 e. The van der Waals surface area contributed by atoms with Crippen LogP contribution < -0.4 is 9.47 Å². The molecule has 0 saturated heterocycles. The third kappa shape index (κ3) is 1.48. The van der Waals surface area contributed by atoms with Crippen LogP contribution in [0.4, 0.5) is 4.39 Å². The van der Waals surface area contributed by atoms with Crippen LogP contribution in [0.1, 0.15) is 10.6 Å². The van der Waals surface area contributed by atoms with E-state index < -0.39 is 11.8 Å². The Morgan fingerprint density at radius 1 is 1.39 bits per heavy atom. The number of aromatic carboxylic acids is 1. The Kier molecular flexibility index (Phi) is 2.19. The van der Waals surface area contributed by atoms with Crippen LogP contribution >= 0.6 is 0 Å². The summed E-state index contributed by atoms with van der Waals surface area (Å²) in [7, 11) is 0. The maximum absolute atomic E-state index is 13.8. The van der Waals surface area contributed by atoms with Gasteiger partial charge in [0, 0.05) is 6.07 Å². The fourth-order valence-corrected chi connectivity index (χ4v) is 1.68. The highest BCUT2D eigenvalue weighted by atomic mass is 19.1. The molecule has 0 unspecified atom stereocenters. The van der Waals surface area contributed by atoms with Crippen molar-refractivity contribution in [2.75, 3.05) is 6.79 Å². The summed E-state index contributed by atoms with van der Waals surface area (Å²) in [5.41, 5.74) is 0.0773. The fourth-order valence-electron chi connectivity index (χ4n) is 1.68. The lowest BCUT2D eigenvalue weighted by molar-refractivity contribution is 0.0652. The lowest BCUT2D eigenvalue weighted by atomic mass is 10.1. The third-order valence-electron chi connectivity index (χ3n) is 2.47. The summed E-state index contributed by atoms with van der Waals surface area (Å²) in [6, 6.07) is 3.75. The molecule has 0 saturated carbocycles. The van der Waals surface area contributed by atoms with Crippen LogP contribution in [-0.2, 0) is 0 Å². The normalized spacial score (nSPS) is 12.7. The number of fused-ring (bicyclic) bond motifs is 1. The van der Waals surface area contributed by atoms with Gasteiger partial charge >= 0.3 is 5.97 Å². The number of hydrogen-bond acceptors (Lipinski definition) is 5. The third-order valence-corrected chi connectivity index (χ3v) is 2.47. The van der Waals surface area contributed by atoms with E-state index in [-0.39, 0.29) is 29.6 Å². The maximum atomic E-state index is 13.8. The number of benzene rings is 1. The Morgan fingerprint density at radius 3 is 2.94 bits per heavy atom. The topological polar surface area (TPSA) is 81.8 Å². The van der Waals surface area contributed by atoms with Crippen molar-refractivity contribution in [2.45, 2.75) is 0 Å². The number of aromatic nitrogens is 1. The highest BCUT2D eigenvalue weighted by molar-refractivity contribution is 5.86. The molecular weight excluding hydrogens is 245 g/mol. The first kappa shape index (κ1) is 10.6. The molecule has 2 heterocycles. The first-order valence-electron chi connectivity index (χ1n) is 4.95. The molecule has 1 aliphatic heterocycles. The van der Waals surface area contributed by atoms with Crippen LogP contribution in [-0.4, -0.2) is 23.0 Å². The van der Waals surface area contributed by atoms with Crippen molar-refractivity contribution in [3.8, 4) is 22.8 Å². The number of halogens is 1. The second-order valence-corrected chi connectivity index (χ2v) is 3.54. The Balaban J connectivity index is 2.16. The molecule has 0 spiro atoms. The zero-order valence-corrected chi connectivity index (χ0v) is 8.84. The number of carboxylic acid groups (broad SMARTS) is 1. The van der Waals surface area contributed by atoms with E-state index in [4.69, 9.17) is 14.6 Å². The van der Waals surface area contributed by atoms with Gasteiger partial charge in [0.2, 0.25) is 12.6 Å². The summed E-state index contributed by atoms with van der Waals surface area (Å²) in [6.07, 6.45) is 0. The summed E-state index contributed by atoms with van der Waals surface area (Å²) < 4.78 is 28.6. The standard InChI is InChI=1S/C11H6FNO5/c12-5-1-2-7-10(17-4-16-7)9(5)6-3-8(11(14)15)18-13-6/h1-3H,4H2,(H,14,15). The van der Waals surface area contributed by atoms with Crippen LogP contribution in [0.25, 0.3) is 11.3 Å². The molecule has 0 bridgehead atoms. The highest BCUT2D eigenvalue weighted by Gasteiger charge is 2.25. The fraction of sp³-hybridized carbons (Fsp3) is 0.0909. The summed E-state index contributed by atoms with van der Waals surface area (Å²) in [6.45, 7) is -0.0184. The molecule has 3 rings (SSSR count). The van der Waals surface area contributed by atoms with Crippen molar-refractivity contribution >= 4 is 5.97 Å². The molecule has 2 aromatic rings. The first-order chi connectivity index (χ1) is 8.66. The Bertz CT molecular complexity index is 636. The Labute approximate surface area is 99.5 Å². The van der Waals surface area contributed by atoms with E-state index in [1.807, 2.05) is 0 Å². The number of carbonyl (C=O) groups is 1. The zero-order chi connectivity index (χ0) is 12.7. The average molecular weight is 251 g/mol. The van der Waals surface area contributed by atoms with Gasteiger partial charge < -0.3 is 19.1 Å². The predicted octanol–water partition coefficient (Wildman–Crippen LogP) is 1.91. The highest BCUT2D eigenvalue weighted by Crippen LogP contribution is 2.42. The number of carboxylic acids is 1. The number of ether oxygens (including phenoxy) is 2. The van der Waals surface area contributed by atoms with E-state index in [0.29, 0.717) is 5.75 Å². The van der Waals surface area contributed by atoms with Crippen LogP contribution in [0, 0.1) is 5.82 Å². The van der Waals surface area contributed by atoms with Gasteiger partial charge in [-0.15, -0.1) is 0 Å². The van der Waals surface area contributed by atoms with Crippen molar-refractivity contribution in [1.29, 1.82) is 0 Å². The zero-order valence-electron chi connectivity index (χ0n) is 8.84. The minimum atomic E-state index is -1.28. The van der Waals surface area contributed by atoms with E-state index in [1.165, 1.54) is 12.1 Å². The van der Waals surface area contributed by atoms with Crippen LogP contribution in [0.15, 0.2) is 22.7 Å². The molecule has 1 aromatic carbocycles. The minimum Gasteiger partial charge on any atom is -0.475 e. The minimum absolute atomic E-state index is 0.0184. The van der Waals surface area contributed by atoms with Gasteiger partial charge in [0.15, 0.2) is 11.5 Å². The second-order valence-electron chi connectivity index (χ2n) is 3.54. The number of hydrogen-bond donors (Lipinski definition) is 1. The first-order valence-corrected chi connectivity index (χ1v) is 4.95. The van der Waals surface area contributed by atoms with Gasteiger partial charge in [-0.25, -0.2) is 9.18 Å². The van der Waals surface area contributed by atoms with Crippen LogP contribution in [0.2, 0.25) is 0 Å². The molecule has 0 atom stereocenters. The summed E-state index contributed by atoms with van der Waals surface area (Å²) in [4.78, 5) is 10.7. The van der Waals surface area contributed by atoms with Crippen LogP contribution in [0.3, 0.4) is 0 Å². The van der Waals surface area contributed by atoms with Gasteiger partial charge in [0.1, 0.15) is 11.5 Å². The van der Waals surface area contributed by atoms with E-state index in [9.17, 15) is 9.18 Å². The molecule has 0 radical (unpaired) electrons. The molecule has 18 heavy (non-hydrogen) atoms. The lowest BCUT2D eigenvalue weighted by Gasteiger charge is -2.03. The molecular formula is C11H6FNO5. The molecule has 1 N–H and O–H groups in total. The van der Waals surface area contributed by atoms with E-state index in [2.05, 4.69) is 9.68 Å². The molecule has 6 nitrogen and oxygen atoms in total. The largest absolute Gasteiger partial charge is 0.475 e. The molecule has 92 valence electrons. The number of nitrogens with zero attached hydrogens (tertiary/aromatic N) is 1. The van der Waals surface area contributed by atoms with E-state index >= 15 is 0 Å². The Hall–Kier alpha value is -2.57. The Morgan fingerprint density at radius 2 is 2.22 bits per heavy atom. The quantitative estimate of drug-likeness (QED) is 0.877. The van der Waals surface area contributed by atoms with Crippen molar-refractivity contribution < 1.29 is 28.3 Å². The van der Waals surface area contributed by atoms with Crippen LogP contribution in [0.5, 0.6) is 11.5 Å². The van der Waals surface area contributed by atoms with Crippen molar-refractivity contribution in [1.82, 2.24) is 5.16 Å².